The quantitative estimate of drug-likeness (QED) is 0.269. The van der Waals surface area contributed by atoms with Crippen LogP contribution in [0.3, 0.4) is 0 Å². The number of hydrogen-bond acceptors (Lipinski definition) is 5. The highest BCUT2D eigenvalue weighted by atomic mass is 19.4. The molecule has 1 aromatic heterocycles. The fourth-order valence-electron chi connectivity index (χ4n) is 5.38. The maximum absolute atomic E-state index is 14.0. The molecule has 202 valence electrons. The minimum atomic E-state index is -4.57. The van der Waals surface area contributed by atoms with Crippen LogP contribution in [-0.2, 0) is 17.5 Å². The second-order valence-electron chi connectivity index (χ2n) is 10.1. The molecule has 0 unspecified atom stereocenters. The Morgan fingerprint density at radius 1 is 1.00 bits per heavy atom. The van der Waals surface area contributed by atoms with Crippen molar-refractivity contribution in [2.75, 3.05) is 7.05 Å². The van der Waals surface area contributed by atoms with Crippen LogP contribution in [-0.4, -0.2) is 38.7 Å². The Hall–Kier alpha value is -3.98. The first-order chi connectivity index (χ1) is 18.6. The minimum Gasteiger partial charge on any atom is -0.480 e. The predicted octanol–water partition coefficient (Wildman–Crippen LogP) is 7.23. The molecule has 39 heavy (non-hydrogen) atoms. The Morgan fingerprint density at radius 2 is 1.67 bits per heavy atom. The summed E-state index contributed by atoms with van der Waals surface area (Å²) >= 11 is 0. The molecule has 0 radical (unpaired) electrons. The first-order valence-corrected chi connectivity index (χ1v) is 12.7. The monoisotopic (exact) mass is 535 g/mol. The third-order valence-corrected chi connectivity index (χ3v) is 7.62. The van der Waals surface area contributed by atoms with Gasteiger partial charge in [0.15, 0.2) is 0 Å². The van der Waals surface area contributed by atoms with E-state index in [1.54, 1.807) is 49.4 Å². The van der Waals surface area contributed by atoms with Crippen molar-refractivity contribution in [1.82, 2.24) is 15.0 Å². The van der Waals surface area contributed by atoms with E-state index in [4.69, 9.17) is 4.52 Å². The Kier molecular flexibility index (Phi) is 7.03. The molecule has 1 fully saturated rings. The molecule has 1 aliphatic carbocycles. The summed E-state index contributed by atoms with van der Waals surface area (Å²) in [7, 11) is 1.83. The first-order valence-electron chi connectivity index (χ1n) is 12.7. The summed E-state index contributed by atoms with van der Waals surface area (Å²) in [6.07, 6.45) is -1.52. The molecule has 6 nitrogen and oxygen atoms in total. The number of carbonyl (C=O) groups is 1. The highest BCUT2D eigenvalue weighted by molar-refractivity contribution is 5.79. The van der Waals surface area contributed by atoms with Crippen molar-refractivity contribution in [2.24, 2.45) is 0 Å². The predicted molar refractivity (Wildman–Crippen MR) is 141 cm³/mol. The van der Waals surface area contributed by atoms with E-state index in [1.807, 2.05) is 24.1 Å². The van der Waals surface area contributed by atoms with E-state index in [9.17, 15) is 23.1 Å². The van der Waals surface area contributed by atoms with Gasteiger partial charge in [0.25, 0.3) is 5.89 Å². The summed E-state index contributed by atoms with van der Waals surface area (Å²) in [4.78, 5) is 18.2. The summed E-state index contributed by atoms with van der Waals surface area (Å²) in [5.41, 5.74) is 1.47. The number of rotatable bonds is 7. The highest BCUT2D eigenvalue weighted by Crippen LogP contribution is 2.40. The lowest BCUT2D eigenvalue weighted by Gasteiger charge is -2.34. The number of carboxylic acid groups (broad SMARTS) is 1. The zero-order valence-electron chi connectivity index (χ0n) is 21.6. The fourth-order valence-corrected chi connectivity index (χ4v) is 5.38. The van der Waals surface area contributed by atoms with Gasteiger partial charge in [0.2, 0.25) is 5.82 Å². The average molecular weight is 536 g/mol. The second kappa shape index (κ2) is 10.3. The molecular weight excluding hydrogens is 507 g/mol. The third kappa shape index (κ3) is 5.18. The first kappa shape index (κ1) is 26.6. The van der Waals surface area contributed by atoms with Crippen LogP contribution >= 0.6 is 0 Å². The molecule has 0 spiro atoms. The zero-order valence-corrected chi connectivity index (χ0v) is 21.6. The molecule has 9 heteroatoms. The molecule has 0 aliphatic heterocycles. The van der Waals surface area contributed by atoms with Crippen LogP contribution in [0.15, 0.2) is 71.3 Å². The summed E-state index contributed by atoms with van der Waals surface area (Å²) < 4.78 is 47.4. The van der Waals surface area contributed by atoms with E-state index < -0.39 is 23.2 Å². The van der Waals surface area contributed by atoms with Crippen LogP contribution in [0.4, 0.5) is 13.2 Å². The normalized spacial score (nSPS) is 15.1. The summed E-state index contributed by atoms with van der Waals surface area (Å²) in [6.45, 7) is 2.24. The number of carboxylic acids is 1. The van der Waals surface area contributed by atoms with Gasteiger partial charge >= 0.3 is 12.1 Å². The Labute approximate surface area is 224 Å². The van der Waals surface area contributed by atoms with E-state index in [0.29, 0.717) is 30.5 Å². The number of benzene rings is 3. The second-order valence-corrected chi connectivity index (χ2v) is 10.1. The molecule has 1 heterocycles. The van der Waals surface area contributed by atoms with E-state index >= 15 is 0 Å². The lowest BCUT2D eigenvalue weighted by molar-refractivity contribution is -0.150. The molecular formula is C30H28F3N3O3. The van der Waals surface area contributed by atoms with Crippen LogP contribution in [0.2, 0.25) is 0 Å². The van der Waals surface area contributed by atoms with Crippen LogP contribution in [0.1, 0.15) is 42.4 Å². The Morgan fingerprint density at radius 3 is 2.31 bits per heavy atom. The number of alkyl halides is 3. The molecule has 5 rings (SSSR count). The number of aryl methyl sites for hydroxylation is 1. The van der Waals surface area contributed by atoms with E-state index in [1.165, 1.54) is 6.07 Å². The zero-order chi connectivity index (χ0) is 27.8. The SMILES string of the molecule is Cc1ccccc1-c1ccc(-c2nc(-c3ccc(CN(C)C4(C(=O)O)CCCC4)cc3)no2)cc1C(F)(F)F. The van der Waals surface area contributed by atoms with Crippen molar-refractivity contribution in [3.63, 3.8) is 0 Å². The van der Waals surface area contributed by atoms with Crippen LogP contribution in [0.5, 0.6) is 0 Å². The Bertz CT molecular complexity index is 1490. The number of aromatic nitrogens is 2. The standard InChI is InChI=1S/C30H28F3N3O3/c1-19-7-3-4-8-23(19)24-14-13-22(17-25(24)30(31,32)33)27-34-26(35-39-27)21-11-9-20(10-12-21)18-36(2)29(28(37)38)15-5-6-16-29/h3-4,7-14,17H,5-6,15-16,18H2,1-2H3,(H,37,38). The van der Waals surface area contributed by atoms with E-state index in [-0.39, 0.29) is 22.8 Å². The number of nitrogens with zero attached hydrogens (tertiary/aromatic N) is 3. The lowest BCUT2D eigenvalue weighted by Crippen LogP contribution is -2.50. The van der Waals surface area contributed by atoms with Gasteiger partial charge in [0.1, 0.15) is 5.54 Å². The van der Waals surface area contributed by atoms with Gasteiger partial charge in [-0.25, -0.2) is 0 Å². The van der Waals surface area contributed by atoms with Gasteiger partial charge in [-0.1, -0.05) is 72.6 Å². The van der Waals surface area contributed by atoms with Crippen molar-refractivity contribution >= 4 is 5.97 Å². The van der Waals surface area contributed by atoms with Gasteiger partial charge in [-0.3, -0.25) is 9.69 Å². The van der Waals surface area contributed by atoms with Gasteiger partial charge in [-0.05, 0) is 61.2 Å². The van der Waals surface area contributed by atoms with Gasteiger partial charge in [-0.2, -0.15) is 18.2 Å². The molecule has 0 saturated heterocycles. The molecule has 4 aromatic rings. The number of halogens is 3. The lowest BCUT2D eigenvalue weighted by atomic mass is 9.94. The number of likely N-dealkylation sites (N-methyl/N-ethyl adjacent to an activating group) is 1. The third-order valence-electron chi connectivity index (χ3n) is 7.62. The average Bonchev–Trinajstić information content (AvgIpc) is 3.60. The molecule has 0 atom stereocenters. The van der Waals surface area contributed by atoms with Crippen molar-refractivity contribution in [2.45, 2.75) is 50.9 Å². The van der Waals surface area contributed by atoms with Crippen molar-refractivity contribution in [1.29, 1.82) is 0 Å². The largest absolute Gasteiger partial charge is 0.480 e. The van der Waals surface area contributed by atoms with Gasteiger partial charge in [0, 0.05) is 17.7 Å². The van der Waals surface area contributed by atoms with Crippen molar-refractivity contribution in [3.05, 3.63) is 83.4 Å². The topological polar surface area (TPSA) is 79.5 Å². The van der Waals surface area contributed by atoms with Gasteiger partial charge in [-0.15, -0.1) is 0 Å². The Balaban J connectivity index is 1.38. The molecule has 0 bridgehead atoms. The highest BCUT2D eigenvalue weighted by Gasteiger charge is 2.44. The molecule has 3 aromatic carbocycles. The smallest absolute Gasteiger partial charge is 0.417 e. The van der Waals surface area contributed by atoms with Gasteiger partial charge < -0.3 is 9.63 Å². The summed E-state index contributed by atoms with van der Waals surface area (Å²) in [6, 6.07) is 18.3. The molecule has 0 amide bonds. The molecule has 1 N–H and O–H groups in total. The van der Waals surface area contributed by atoms with Crippen molar-refractivity contribution < 1.29 is 27.6 Å². The molecule has 1 saturated carbocycles. The van der Waals surface area contributed by atoms with E-state index in [2.05, 4.69) is 10.1 Å². The molecule has 1 aliphatic rings. The number of hydrogen-bond donors (Lipinski definition) is 1. The minimum absolute atomic E-state index is 0.0136. The van der Waals surface area contributed by atoms with Gasteiger partial charge in [0.05, 0.1) is 5.56 Å². The summed E-state index contributed by atoms with van der Waals surface area (Å²) in [5.74, 6) is -0.557. The van der Waals surface area contributed by atoms with E-state index in [0.717, 1.165) is 30.0 Å². The maximum Gasteiger partial charge on any atom is 0.417 e. The van der Waals surface area contributed by atoms with Crippen LogP contribution < -0.4 is 0 Å². The summed E-state index contributed by atoms with van der Waals surface area (Å²) in [5, 5.41) is 13.8. The van der Waals surface area contributed by atoms with Crippen LogP contribution in [0.25, 0.3) is 34.0 Å². The number of aliphatic carboxylic acids is 1. The fraction of sp³-hybridized carbons (Fsp3) is 0.300. The van der Waals surface area contributed by atoms with Crippen LogP contribution in [0, 0.1) is 6.92 Å². The van der Waals surface area contributed by atoms with Crippen molar-refractivity contribution in [3.8, 4) is 34.0 Å². The maximum atomic E-state index is 14.0.